The SMILES string of the molecule is CCOc1cc(/C=C(/C#N)C(=O)Nc2ccc(C)c(Cl)c2)ccc1OCC(=O)OC. The molecule has 8 heteroatoms. The molecule has 0 saturated carbocycles. The van der Waals surface area contributed by atoms with Crippen molar-refractivity contribution in [2.24, 2.45) is 0 Å². The van der Waals surface area contributed by atoms with Crippen LogP contribution in [-0.4, -0.2) is 32.2 Å². The van der Waals surface area contributed by atoms with Gasteiger partial charge < -0.3 is 19.5 Å². The van der Waals surface area contributed by atoms with Crippen molar-refractivity contribution in [1.82, 2.24) is 0 Å². The number of nitriles is 1. The topological polar surface area (TPSA) is 97.6 Å². The lowest BCUT2D eigenvalue weighted by atomic mass is 10.1. The molecule has 30 heavy (non-hydrogen) atoms. The van der Waals surface area contributed by atoms with E-state index in [1.54, 1.807) is 43.3 Å². The van der Waals surface area contributed by atoms with E-state index >= 15 is 0 Å². The third-order valence-corrected chi connectivity index (χ3v) is 4.35. The molecule has 7 nitrogen and oxygen atoms in total. The predicted molar refractivity (Wildman–Crippen MR) is 114 cm³/mol. The van der Waals surface area contributed by atoms with Crippen LogP contribution < -0.4 is 14.8 Å². The fourth-order valence-electron chi connectivity index (χ4n) is 2.38. The summed E-state index contributed by atoms with van der Waals surface area (Å²) in [6.45, 7) is 3.74. The summed E-state index contributed by atoms with van der Waals surface area (Å²) in [6, 6.07) is 11.8. The molecule has 0 aliphatic carbocycles. The second-order valence-corrected chi connectivity index (χ2v) is 6.50. The van der Waals surface area contributed by atoms with Gasteiger partial charge in [0.25, 0.3) is 5.91 Å². The van der Waals surface area contributed by atoms with E-state index in [1.165, 1.54) is 13.2 Å². The van der Waals surface area contributed by atoms with E-state index < -0.39 is 11.9 Å². The van der Waals surface area contributed by atoms with Crippen molar-refractivity contribution >= 4 is 35.2 Å². The molecule has 0 aliphatic rings. The van der Waals surface area contributed by atoms with Gasteiger partial charge in [-0.05, 0) is 55.3 Å². The van der Waals surface area contributed by atoms with Gasteiger partial charge in [0.15, 0.2) is 18.1 Å². The third-order valence-electron chi connectivity index (χ3n) is 3.95. The number of hydrogen-bond acceptors (Lipinski definition) is 6. The maximum Gasteiger partial charge on any atom is 0.343 e. The minimum Gasteiger partial charge on any atom is -0.490 e. The molecule has 0 saturated heterocycles. The van der Waals surface area contributed by atoms with Crippen molar-refractivity contribution in [2.75, 3.05) is 25.6 Å². The molecule has 0 radical (unpaired) electrons. The molecule has 156 valence electrons. The van der Waals surface area contributed by atoms with Gasteiger partial charge in [0.2, 0.25) is 0 Å². The summed E-state index contributed by atoms with van der Waals surface area (Å²) in [5, 5.41) is 12.6. The minimum atomic E-state index is -0.568. The Morgan fingerprint density at radius 1 is 1.17 bits per heavy atom. The van der Waals surface area contributed by atoms with Gasteiger partial charge in [-0.25, -0.2) is 4.79 Å². The number of amides is 1. The van der Waals surface area contributed by atoms with Crippen LogP contribution in [0.5, 0.6) is 11.5 Å². The number of carbonyl (C=O) groups is 2. The number of carbonyl (C=O) groups excluding carboxylic acids is 2. The Morgan fingerprint density at radius 3 is 2.57 bits per heavy atom. The summed E-state index contributed by atoms with van der Waals surface area (Å²) in [7, 11) is 1.27. The number of halogens is 1. The summed E-state index contributed by atoms with van der Waals surface area (Å²) in [6.07, 6.45) is 1.43. The predicted octanol–water partition coefficient (Wildman–Crippen LogP) is 4.14. The Kier molecular flexibility index (Phi) is 8.27. The lowest BCUT2D eigenvalue weighted by Gasteiger charge is -2.12. The maximum absolute atomic E-state index is 12.5. The lowest BCUT2D eigenvalue weighted by Crippen LogP contribution is -2.14. The zero-order valence-electron chi connectivity index (χ0n) is 16.8. The number of rotatable bonds is 8. The molecule has 0 spiro atoms. The Balaban J connectivity index is 2.23. The largest absolute Gasteiger partial charge is 0.490 e. The van der Waals surface area contributed by atoms with E-state index in [1.807, 2.05) is 13.0 Å². The van der Waals surface area contributed by atoms with Crippen molar-refractivity contribution in [1.29, 1.82) is 5.26 Å². The molecule has 0 bridgehead atoms. The van der Waals surface area contributed by atoms with E-state index in [2.05, 4.69) is 10.1 Å². The standard InChI is InChI=1S/C22H21ClN2O5/c1-4-29-20-10-15(6-8-19(20)30-13-21(26)28-3)9-16(12-24)22(27)25-17-7-5-14(2)18(23)11-17/h5-11H,4,13H2,1-3H3,(H,25,27)/b16-9-. The lowest BCUT2D eigenvalue weighted by molar-refractivity contribution is -0.142. The first-order valence-electron chi connectivity index (χ1n) is 9.03. The highest BCUT2D eigenvalue weighted by molar-refractivity contribution is 6.31. The first-order chi connectivity index (χ1) is 14.4. The van der Waals surface area contributed by atoms with Gasteiger partial charge in [0.05, 0.1) is 13.7 Å². The molecule has 1 amide bonds. The van der Waals surface area contributed by atoms with Gasteiger partial charge in [-0.1, -0.05) is 23.7 Å². The first kappa shape index (κ1) is 22.8. The summed E-state index contributed by atoms with van der Waals surface area (Å²) in [5.41, 5.74) is 1.82. The molecule has 0 aromatic heterocycles. The van der Waals surface area contributed by atoms with E-state index in [0.717, 1.165) is 5.56 Å². The van der Waals surface area contributed by atoms with E-state index in [0.29, 0.717) is 34.4 Å². The number of ether oxygens (including phenoxy) is 3. The number of esters is 1. The van der Waals surface area contributed by atoms with Crippen LogP contribution in [0.2, 0.25) is 5.02 Å². The number of nitrogens with one attached hydrogen (secondary N) is 1. The molecule has 0 aliphatic heterocycles. The first-order valence-corrected chi connectivity index (χ1v) is 9.41. The molecule has 2 aromatic rings. The Labute approximate surface area is 179 Å². The van der Waals surface area contributed by atoms with Crippen LogP contribution >= 0.6 is 11.6 Å². The van der Waals surface area contributed by atoms with E-state index in [9.17, 15) is 14.9 Å². The monoisotopic (exact) mass is 428 g/mol. The number of benzene rings is 2. The van der Waals surface area contributed by atoms with Gasteiger partial charge in [-0.15, -0.1) is 0 Å². The zero-order chi connectivity index (χ0) is 22.1. The van der Waals surface area contributed by atoms with Gasteiger partial charge in [-0.2, -0.15) is 5.26 Å². The van der Waals surface area contributed by atoms with Crippen LogP contribution in [0, 0.1) is 18.3 Å². The summed E-state index contributed by atoms with van der Waals surface area (Å²) < 4.78 is 15.5. The number of methoxy groups -OCH3 is 1. The van der Waals surface area contributed by atoms with Crippen molar-refractivity contribution in [3.8, 4) is 17.6 Å². The molecule has 2 aromatic carbocycles. The van der Waals surface area contributed by atoms with Crippen LogP contribution in [0.3, 0.4) is 0 Å². The quantitative estimate of drug-likeness (QED) is 0.385. The van der Waals surface area contributed by atoms with Gasteiger partial charge in [-0.3, -0.25) is 4.79 Å². The highest BCUT2D eigenvalue weighted by Gasteiger charge is 2.13. The molecule has 1 N–H and O–H groups in total. The van der Waals surface area contributed by atoms with Crippen LogP contribution in [0.1, 0.15) is 18.1 Å². The zero-order valence-corrected chi connectivity index (χ0v) is 17.6. The number of anilines is 1. The minimum absolute atomic E-state index is 0.0997. The smallest absolute Gasteiger partial charge is 0.343 e. The Morgan fingerprint density at radius 2 is 1.93 bits per heavy atom. The van der Waals surface area contributed by atoms with E-state index in [4.69, 9.17) is 21.1 Å². The van der Waals surface area contributed by atoms with Crippen LogP contribution in [0.15, 0.2) is 42.0 Å². The van der Waals surface area contributed by atoms with Crippen LogP contribution in [0.4, 0.5) is 5.69 Å². The second-order valence-electron chi connectivity index (χ2n) is 6.09. The molecular weight excluding hydrogens is 408 g/mol. The van der Waals surface area contributed by atoms with Crippen molar-refractivity contribution in [3.63, 3.8) is 0 Å². The molecule has 0 fully saturated rings. The average molecular weight is 429 g/mol. The Hall–Kier alpha value is -3.50. The summed E-state index contributed by atoms with van der Waals surface area (Å²) in [5.74, 6) is -0.378. The van der Waals surface area contributed by atoms with Crippen LogP contribution in [-0.2, 0) is 14.3 Å². The average Bonchev–Trinajstić information content (AvgIpc) is 2.73. The normalized spacial score (nSPS) is 10.7. The molecular formula is C22H21ClN2O5. The molecule has 0 atom stereocenters. The number of aryl methyl sites for hydroxylation is 1. The van der Waals surface area contributed by atoms with E-state index in [-0.39, 0.29) is 12.2 Å². The third kappa shape index (κ3) is 6.26. The molecule has 0 unspecified atom stereocenters. The van der Waals surface area contributed by atoms with Crippen molar-refractivity contribution in [3.05, 3.63) is 58.1 Å². The van der Waals surface area contributed by atoms with Gasteiger partial charge >= 0.3 is 5.97 Å². The molecule has 2 rings (SSSR count). The van der Waals surface area contributed by atoms with Gasteiger partial charge in [0, 0.05) is 10.7 Å². The fraction of sp³-hybridized carbons (Fsp3) is 0.227. The maximum atomic E-state index is 12.5. The summed E-state index contributed by atoms with van der Waals surface area (Å²) in [4.78, 5) is 23.8. The van der Waals surface area contributed by atoms with Crippen molar-refractivity contribution in [2.45, 2.75) is 13.8 Å². The highest BCUT2D eigenvalue weighted by atomic mass is 35.5. The summed E-state index contributed by atoms with van der Waals surface area (Å²) >= 11 is 6.07. The fourth-order valence-corrected chi connectivity index (χ4v) is 2.56. The van der Waals surface area contributed by atoms with Crippen molar-refractivity contribution < 1.29 is 23.8 Å². The number of hydrogen-bond donors (Lipinski definition) is 1. The molecule has 0 heterocycles. The van der Waals surface area contributed by atoms with Crippen LogP contribution in [0.25, 0.3) is 6.08 Å². The number of nitrogens with zero attached hydrogens (tertiary/aromatic N) is 1. The van der Waals surface area contributed by atoms with Gasteiger partial charge in [0.1, 0.15) is 11.6 Å². The second kappa shape index (κ2) is 10.9. The Bertz CT molecular complexity index is 1010. The highest BCUT2D eigenvalue weighted by Crippen LogP contribution is 2.29.